The van der Waals surface area contributed by atoms with Crippen molar-refractivity contribution in [2.24, 2.45) is 0 Å². The Morgan fingerprint density at radius 2 is 2.00 bits per heavy atom. The third kappa shape index (κ3) is 2.51. The molecule has 0 bridgehead atoms. The topological polar surface area (TPSA) is 32.3 Å². The Bertz CT molecular complexity index is 244. The van der Waals surface area contributed by atoms with E-state index in [2.05, 4.69) is 24.1 Å². The SMILES string of the molecule is CC1(C)CN(C2CCCC2)C(=O)CCN1. The minimum atomic E-state index is 0.0781. The molecule has 0 aromatic rings. The maximum Gasteiger partial charge on any atom is 0.224 e. The largest absolute Gasteiger partial charge is 0.338 e. The summed E-state index contributed by atoms with van der Waals surface area (Å²) < 4.78 is 0. The highest BCUT2D eigenvalue weighted by atomic mass is 16.2. The van der Waals surface area contributed by atoms with E-state index in [1.165, 1.54) is 25.7 Å². The molecule has 3 heteroatoms. The van der Waals surface area contributed by atoms with Crippen molar-refractivity contribution in [1.29, 1.82) is 0 Å². The van der Waals surface area contributed by atoms with Crippen molar-refractivity contribution in [2.45, 2.75) is 57.5 Å². The van der Waals surface area contributed by atoms with E-state index in [4.69, 9.17) is 0 Å². The van der Waals surface area contributed by atoms with Crippen LogP contribution in [0, 0.1) is 0 Å². The summed E-state index contributed by atoms with van der Waals surface area (Å²) in [6.07, 6.45) is 5.67. The van der Waals surface area contributed by atoms with Crippen LogP contribution in [-0.4, -0.2) is 35.5 Å². The summed E-state index contributed by atoms with van der Waals surface area (Å²) in [5, 5.41) is 3.44. The Kier molecular flexibility index (Phi) is 3.01. The van der Waals surface area contributed by atoms with Gasteiger partial charge in [0.1, 0.15) is 0 Å². The predicted octanol–water partition coefficient (Wildman–Crippen LogP) is 1.53. The summed E-state index contributed by atoms with van der Waals surface area (Å²) in [5.41, 5.74) is 0.0781. The number of hydrogen-bond donors (Lipinski definition) is 1. The lowest BCUT2D eigenvalue weighted by Crippen LogP contribution is -2.49. The van der Waals surface area contributed by atoms with Gasteiger partial charge in [-0.3, -0.25) is 4.79 Å². The molecule has 86 valence electrons. The van der Waals surface area contributed by atoms with Gasteiger partial charge in [-0.25, -0.2) is 0 Å². The van der Waals surface area contributed by atoms with Gasteiger partial charge in [-0.1, -0.05) is 12.8 Å². The van der Waals surface area contributed by atoms with Gasteiger partial charge in [-0.15, -0.1) is 0 Å². The molecule has 1 N–H and O–H groups in total. The second-order valence-electron chi connectivity index (χ2n) is 5.52. The van der Waals surface area contributed by atoms with Crippen LogP contribution in [0.2, 0.25) is 0 Å². The Morgan fingerprint density at radius 1 is 1.33 bits per heavy atom. The summed E-state index contributed by atoms with van der Waals surface area (Å²) in [7, 11) is 0. The Hall–Kier alpha value is -0.570. The number of hydrogen-bond acceptors (Lipinski definition) is 2. The van der Waals surface area contributed by atoms with Crippen LogP contribution < -0.4 is 5.32 Å². The molecule has 1 aliphatic heterocycles. The molecule has 0 unspecified atom stereocenters. The van der Waals surface area contributed by atoms with Gasteiger partial charge in [-0.2, -0.15) is 0 Å². The molecule has 0 spiro atoms. The number of amides is 1. The molecule has 1 heterocycles. The molecule has 1 aliphatic carbocycles. The van der Waals surface area contributed by atoms with E-state index in [0.717, 1.165) is 13.1 Å². The smallest absolute Gasteiger partial charge is 0.224 e. The van der Waals surface area contributed by atoms with Gasteiger partial charge in [0.05, 0.1) is 0 Å². The molecular weight excluding hydrogens is 188 g/mol. The first kappa shape index (κ1) is 10.9. The van der Waals surface area contributed by atoms with Crippen molar-refractivity contribution < 1.29 is 4.79 Å². The fourth-order valence-electron chi connectivity index (χ4n) is 2.77. The second kappa shape index (κ2) is 4.12. The summed E-state index contributed by atoms with van der Waals surface area (Å²) in [4.78, 5) is 14.1. The molecule has 1 saturated carbocycles. The van der Waals surface area contributed by atoms with E-state index in [9.17, 15) is 4.79 Å². The van der Waals surface area contributed by atoms with Crippen molar-refractivity contribution in [3.8, 4) is 0 Å². The third-order valence-corrected chi connectivity index (χ3v) is 3.59. The number of carbonyl (C=O) groups excluding carboxylic acids is 1. The third-order valence-electron chi connectivity index (χ3n) is 3.59. The normalized spacial score (nSPS) is 28.1. The average Bonchev–Trinajstić information content (AvgIpc) is 2.62. The Morgan fingerprint density at radius 3 is 2.67 bits per heavy atom. The van der Waals surface area contributed by atoms with Crippen LogP contribution in [-0.2, 0) is 4.79 Å². The summed E-state index contributed by atoms with van der Waals surface area (Å²) in [6.45, 7) is 6.08. The number of nitrogens with zero attached hydrogens (tertiary/aromatic N) is 1. The van der Waals surface area contributed by atoms with Crippen LogP contribution in [0.5, 0.6) is 0 Å². The number of nitrogens with one attached hydrogen (secondary N) is 1. The summed E-state index contributed by atoms with van der Waals surface area (Å²) >= 11 is 0. The fraction of sp³-hybridized carbons (Fsp3) is 0.917. The zero-order chi connectivity index (χ0) is 10.9. The van der Waals surface area contributed by atoms with E-state index in [0.29, 0.717) is 18.4 Å². The Balaban J connectivity index is 2.08. The molecule has 0 aromatic heterocycles. The molecule has 2 fully saturated rings. The van der Waals surface area contributed by atoms with Crippen LogP contribution in [0.4, 0.5) is 0 Å². The van der Waals surface area contributed by atoms with E-state index < -0.39 is 0 Å². The van der Waals surface area contributed by atoms with Gasteiger partial charge in [0.15, 0.2) is 0 Å². The van der Waals surface area contributed by atoms with Crippen LogP contribution in [0.15, 0.2) is 0 Å². The standard InChI is InChI=1S/C12H22N2O/c1-12(2)9-14(10-5-3-4-6-10)11(15)7-8-13-12/h10,13H,3-9H2,1-2H3. The van der Waals surface area contributed by atoms with Gasteiger partial charge in [0.2, 0.25) is 5.91 Å². The molecule has 3 nitrogen and oxygen atoms in total. The molecule has 0 radical (unpaired) electrons. The van der Waals surface area contributed by atoms with Gasteiger partial charge in [-0.05, 0) is 26.7 Å². The van der Waals surface area contributed by atoms with E-state index >= 15 is 0 Å². The summed E-state index contributed by atoms with van der Waals surface area (Å²) in [5.74, 6) is 0.347. The average molecular weight is 210 g/mol. The van der Waals surface area contributed by atoms with Gasteiger partial charge in [0, 0.05) is 31.1 Å². The first-order valence-electron chi connectivity index (χ1n) is 6.13. The molecule has 2 aliphatic rings. The lowest BCUT2D eigenvalue weighted by atomic mass is 10.0. The van der Waals surface area contributed by atoms with Crippen LogP contribution in [0.3, 0.4) is 0 Å². The lowest BCUT2D eigenvalue weighted by molar-refractivity contribution is -0.133. The van der Waals surface area contributed by atoms with Crippen molar-refractivity contribution in [1.82, 2.24) is 10.2 Å². The maximum atomic E-state index is 12.0. The highest BCUT2D eigenvalue weighted by Gasteiger charge is 2.33. The first-order valence-corrected chi connectivity index (χ1v) is 6.13. The fourth-order valence-corrected chi connectivity index (χ4v) is 2.77. The maximum absolute atomic E-state index is 12.0. The molecule has 0 aromatic carbocycles. The molecule has 0 atom stereocenters. The predicted molar refractivity (Wildman–Crippen MR) is 60.7 cm³/mol. The summed E-state index contributed by atoms with van der Waals surface area (Å²) in [6, 6.07) is 0.525. The van der Waals surface area contributed by atoms with Crippen LogP contribution in [0.1, 0.15) is 46.0 Å². The van der Waals surface area contributed by atoms with Crippen molar-refractivity contribution in [3.63, 3.8) is 0 Å². The van der Waals surface area contributed by atoms with Crippen molar-refractivity contribution in [2.75, 3.05) is 13.1 Å². The lowest BCUT2D eigenvalue weighted by Gasteiger charge is -2.34. The molecular formula is C12H22N2O. The minimum Gasteiger partial charge on any atom is -0.338 e. The van der Waals surface area contributed by atoms with Gasteiger partial charge < -0.3 is 10.2 Å². The highest BCUT2D eigenvalue weighted by Crippen LogP contribution is 2.26. The molecule has 15 heavy (non-hydrogen) atoms. The highest BCUT2D eigenvalue weighted by molar-refractivity contribution is 5.77. The van der Waals surface area contributed by atoms with Crippen molar-refractivity contribution in [3.05, 3.63) is 0 Å². The molecule has 1 saturated heterocycles. The molecule has 2 rings (SSSR count). The van der Waals surface area contributed by atoms with Crippen LogP contribution >= 0.6 is 0 Å². The monoisotopic (exact) mass is 210 g/mol. The van der Waals surface area contributed by atoms with Crippen LogP contribution in [0.25, 0.3) is 0 Å². The zero-order valence-corrected chi connectivity index (χ0v) is 9.88. The second-order valence-corrected chi connectivity index (χ2v) is 5.52. The van der Waals surface area contributed by atoms with E-state index in [1.54, 1.807) is 0 Å². The zero-order valence-electron chi connectivity index (χ0n) is 9.88. The Labute approximate surface area is 92.2 Å². The number of rotatable bonds is 1. The van der Waals surface area contributed by atoms with Gasteiger partial charge in [0.25, 0.3) is 0 Å². The molecule has 1 amide bonds. The van der Waals surface area contributed by atoms with E-state index in [1.807, 2.05) is 0 Å². The minimum absolute atomic E-state index is 0.0781. The first-order chi connectivity index (χ1) is 7.08. The quantitative estimate of drug-likeness (QED) is 0.712. The number of carbonyl (C=O) groups is 1. The van der Waals surface area contributed by atoms with Crippen molar-refractivity contribution >= 4 is 5.91 Å². The van der Waals surface area contributed by atoms with Gasteiger partial charge >= 0.3 is 0 Å². The van der Waals surface area contributed by atoms with E-state index in [-0.39, 0.29) is 5.54 Å².